The number of anilines is 2. The van der Waals surface area contributed by atoms with Crippen LogP contribution in [0.25, 0.3) is 42.1 Å². The Bertz CT molecular complexity index is 1720. The van der Waals surface area contributed by atoms with Gasteiger partial charge < -0.3 is 9.73 Å². The number of nitrogens with one attached hydrogen (secondary N) is 1. The summed E-state index contributed by atoms with van der Waals surface area (Å²) in [5, 5.41) is 8.73. The first-order valence-electron chi connectivity index (χ1n) is 12.4. The number of hydrogen-bond donors (Lipinski definition) is 1. The van der Waals surface area contributed by atoms with Gasteiger partial charge in [-0.25, -0.2) is 0 Å². The average Bonchev–Trinajstić information content (AvgIpc) is 3.64. The Kier molecular flexibility index (Phi) is 3.98. The van der Waals surface area contributed by atoms with Crippen molar-refractivity contribution in [1.29, 1.82) is 0 Å². The van der Waals surface area contributed by atoms with Gasteiger partial charge in [0, 0.05) is 48.4 Å². The molecule has 6 aromatic rings. The highest BCUT2D eigenvalue weighted by Crippen LogP contribution is 2.53. The molecule has 166 valence electrons. The maximum atomic E-state index is 6.09. The molecule has 8 rings (SSSR count). The first kappa shape index (κ1) is 19.1. The minimum absolute atomic E-state index is 0.773. The number of fused-ring (bicyclic) bond motifs is 8. The molecule has 0 saturated heterocycles. The molecule has 2 aliphatic rings. The van der Waals surface area contributed by atoms with Crippen LogP contribution >= 0.6 is 11.3 Å². The topological polar surface area (TPSA) is 25.2 Å². The fourth-order valence-electron chi connectivity index (χ4n) is 6.73. The molecule has 1 N–H and O–H groups in total. The Hall–Kier alpha value is -3.30. The number of rotatable bonds is 3. The van der Waals surface area contributed by atoms with Gasteiger partial charge in [0.15, 0.2) is 0 Å². The smallest absolute Gasteiger partial charge is 0.137 e. The lowest BCUT2D eigenvalue weighted by molar-refractivity contribution is 0.420. The standard InChI is InChI=1S/C31H25NOS/c1-2-4-28-23(3-1)24-10-8-22(17-29(24)33-28)32-21-9-12-31-27(16-21)26-15-20(7-11-30(26)34-31)25-14-18-5-6-19(25)13-18/h1-4,7-12,15-19,25,32H,5-6,13-14H2. The van der Waals surface area contributed by atoms with E-state index in [-0.39, 0.29) is 0 Å². The van der Waals surface area contributed by atoms with Crippen molar-refractivity contribution in [1.82, 2.24) is 0 Å². The summed E-state index contributed by atoms with van der Waals surface area (Å²) >= 11 is 1.90. The van der Waals surface area contributed by atoms with Gasteiger partial charge in [-0.1, -0.05) is 30.7 Å². The third-order valence-corrected chi connectivity index (χ3v) is 9.48. The molecule has 3 unspecified atom stereocenters. The van der Waals surface area contributed by atoms with E-state index >= 15 is 0 Å². The van der Waals surface area contributed by atoms with Crippen LogP contribution in [0.15, 0.2) is 83.3 Å². The molecule has 3 heteroatoms. The molecular formula is C31H25NOS. The third-order valence-electron chi connectivity index (χ3n) is 8.33. The second kappa shape index (κ2) is 7.10. The van der Waals surface area contributed by atoms with E-state index in [1.165, 1.54) is 51.2 Å². The Morgan fingerprint density at radius 3 is 2.35 bits per heavy atom. The van der Waals surface area contributed by atoms with E-state index in [4.69, 9.17) is 4.42 Å². The average molecular weight is 460 g/mol. The van der Waals surface area contributed by atoms with Crippen molar-refractivity contribution in [2.24, 2.45) is 11.8 Å². The largest absolute Gasteiger partial charge is 0.456 e. The van der Waals surface area contributed by atoms with Gasteiger partial charge in [-0.3, -0.25) is 0 Å². The maximum Gasteiger partial charge on any atom is 0.137 e. The van der Waals surface area contributed by atoms with Crippen molar-refractivity contribution >= 4 is 64.8 Å². The van der Waals surface area contributed by atoms with Crippen LogP contribution in [-0.4, -0.2) is 0 Å². The van der Waals surface area contributed by atoms with Crippen LogP contribution in [0.5, 0.6) is 0 Å². The van der Waals surface area contributed by atoms with Gasteiger partial charge in [0.1, 0.15) is 11.2 Å². The summed E-state index contributed by atoms with van der Waals surface area (Å²) in [7, 11) is 0. The number of hydrogen-bond acceptors (Lipinski definition) is 3. The van der Waals surface area contributed by atoms with Crippen molar-refractivity contribution in [3.05, 3.63) is 84.4 Å². The molecule has 2 heterocycles. The van der Waals surface area contributed by atoms with Crippen molar-refractivity contribution in [3.63, 3.8) is 0 Å². The second-order valence-corrected chi connectivity index (χ2v) is 11.4. The molecule has 2 nitrogen and oxygen atoms in total. The zero-order chi connectivity index (χ0) is 22.2. The molecule has 2 bridgehead atoms. The lowest BCUT2D eigenvalue weighted by Gasteiger charge is -2.22. The number of furan rings is 1. The molecule has 0 amide bonds. The van der Waals surface area contributed by atoms with E-state index in [2.05, 4.69) is 72.0 Å². The highest BCUT2D eigenvalue weighted by Gasteiger charge is 2.40. The molecule has 0 radical (unpaired) electrons. The fraction of sp³-hybridized carbons (Fsp3) is 0.226. The van der Waals surface area contributed by atoms with Gasteiger partial charge in [0.25, 0.3) is 0 Å². The SMILES string of the molecule is c1ccc2c(c1)oc1cc(Nc3ccc4sc5ccc(C6CC7CCC6C7)cc5c4c3)ccc12. The van der Waals surface area contributed by atoms with E-state index in [1.807, 2.05) is 23.5 Å². The third kappa shape index (κ3) is 2.86. The summed E-state index contributed by atoms with van der Waals surface area (Å²) in [6.07, 6.45) is 5.74. The molecule has 2 aromatic heterocycles. The van der Waals surface area contributed by atoms with Gasteiger partial charge in [0.2, 0.25) is 0 Å². The Morgan fingerprint density at radius 2 is 1.47 bits per heavy atom. The molecule has 3 atom stereocenters. The first-order chi connectivity index (χ1) is 16.8. The molecular weight excluding hydrogens is 434 g/mol. The van der Waals surface area contributed by atoms with Gasteiger partial charge in [-0.05, 0) is 91.1 Å². The van der Waals surface area contributed by atoms with Crippen molar-refractivity contribution in [3.8, 4) is 0 Å². The summed E-state index contributed by atoms with van der Waals surface area (Å²) in [6, 6.07) is 28.7. The number of thiophene rings is 1. The lowest BCUT2D eigenvalue weighted by Crippen LogP contribution is -2.08. The predicted octanol–water partition coefficient (Wildman–Crippen LogP) is 9.60. The Balaban J connectivity index is 1.17. The van der Waals surface area contributed by atoms with Crippen LogP contribution in [0.3, 0.4) is 0 Å². The molecule has 4 aromatic carbocycles. The number of benzene rings is 4. The van der Waals surface area contributed by atoms with Crippen LogP contribution in [0, 0.1) is 11.8 Å². The summed E-state index contributed by atoms with van der Waals surface area (Å²) in [5.74, 6) is 2.66. The van der Waals surface area contributed by atoms with E-state index in [0.29, 0.717) is 0 Å². The maximum absolute atomic E-state index is 6.09. The van der Waals surface area contributed by atoms with Crippen LogP contribution in [0.1, 0.15) is 37.2 Å². The summed E-state index contributed by atoms with van der Waals surface area (Å²) in [6.45, 7) is 0. The molecule has 34 heavy (non-hydrogen) atoms. The summed E-state index contributed by atoms with van der Waals surface area (Å²) in [5.41, 5.74) is 5.59. The normalized spacial score (nSPS) is 21.9. The zero-order valence-electron chi connectivity index (χ0n) is 18.9. The van der Waals surface area contributed by atoms with Gasteiger partial charge in [-0.2, -0.15) is 0 Å². The van der Waals surface area contributed by atoms with E-state index < -0.39 is 0 Å². The quantitative estimate of drug-likeness (QED) is 0.285. The van der Waals surface area contributed by atoms with E-state index in [9.17, 15) is 0 Å². The first-order valence-corrected chi connectivity index (χ1v) is 13.2. The second-order valence-electron chi connectivity index (χ2n) is 10.3. The van der Waals surface area contributed by atoms with E-state index in [1.54, 1.807) is 5.56 Å². The van der Waals surface area contributed by atoms with Crippen LogP contribution < -0.4 is 5.32 Å². The Morgan fingerprint density at radius 1 is 0.676 bits per heavy atom. The minimum Gasteiger partial charge on any atom is -0.456 e. The molecule has 0 aliphatic heterocycles. The van der Waals surface area contributed by atoms with Crippen LogP contribution in [0.2, 0.25) is 0 Å². The van der Waals surface area contributed by atoms with Crippen molar-refractivity contribution in [2.45, 2.75) is 31.6 Å². The molecule has 2 aliphatic carbocycles. The fourth-order valence-corrected chi connectivity index (χ4v) is 7.79. The lowest BCUT2D eigenvalue weighted by atomic mass is 9.83. The monoisotopic (exact) mass is 459 g/mol. The van der Waals surface area contributed by atoms with E-state index in [0.717, 1.165) is 45.7 Å². The molecule has 0 spiro atoms. The highest BCUT2D eigenvalue weighted by molar-refractivity contribution is 7.25. The zero-order valence-corrected chi connectivity index (χ0v) is 19.7. The van der Waals surface area contributed by atoms with Crippen molar-refractivity contribution in [2.75, 3.05) is 5.32 Å². The predicted molar refractivity (Wildman–Crippen MR) is 145 cm³/mol. The van der Waals surface area contributed by atoms with Crippen molar-refractivity contribution < 1.29 is 4.42 Å². The Labute approximate surface area is 202 Å². The van der Waals surface area contributed by atoms with Crippen LogP contribution in [-0.2, 0) is 0 Å². The summed E-state index contributed by atoms with van der Waals surface area (Å²) < 4.78 is 8.84. The number of para-hydroxylation sites is 1. The summed E-state index contributed by atoms with van der Waals surface area (Å²) in [4.78, 5) is 0. The molecule has 2 saturated carbocycles. The minimum atomic E-state index is 0.773. The molecule has 2 fully saturated rings. The van der Waals surface area contributed by atoms with Gasteiger partial charge in [-0.15, -0.1) is 11.3 Å². The van der Waals surface area contributed by atoms with Gasteiger partial charge >= 0.3 is 0 Å². The van der Waals surface area contributed by atoms with Gasteiger partial charge in [0.05, 0.1) is 0 Å². The van der Waals surface area contributed by atoms with Crippen LogP contribution in [0.4, 0.5) is 11.4 Å². The highest BCUT2D eigenvalue weighted by atomic mass is 32.1.